The van der Waals surface area contributed by atoms with Crippen LogP contribution < -0.4 is 4.90 Å². The van der Waals surface area contributed by atoms with E-state index in [1.54, 1.807) is 4.90 Å². The highest BCUT2D eigenvalue weighted by Gasteiger charge is 2.41. The summed E-state index contributed by atoms with van der Waals surface area (Å²) in [6.07, 6.45) is 5.50. The Kier molecular flexibility index (Phi) is 5.23. The van der Waals surface area contributed by atoms with Crippen LogP contribution in [-0.4, -0.2) is 33.4 Å². The molecular formula is C18H22N2O3S. The summed E-state index contributed by atoms with van der Waals surface area (Å²) in [5.41, 5.74) is 1.79. The largest absolute Gasteiger partial charge is 0.481 e. The van der Waals surface area contributed by atoms with Crippen LogP contribution in [0.4, 0.5) is 5.69 Å². The molecule has 1 aromatic rings. The molecule has 1 saturated heterocycles. The molecule has 6 heteroatoms. The Morgan fingerprint density at radius 2 is 2.00 bits per heavy atom. The number of carbonyl (C=O) groups is 2. The Bertz CT molecular complexity index is 668. The number of amides is 1. The summed E-state index contributed by atoms with van der Waals surface area (Å²) in [6, 6.07) is 7.91. The number of anilines is 1. The third-order valence-corrected chi connectivity index (χ3v) is 5.67. The number of hydrogen-bond donors (Lipinski definition) is 1. The predicted octanol–water partition coefficient (Wildman–Crippen LogP) is 3.61. The molecule has 2 aliphatic rings. The molecule has 1 aliphatic heterocycles. The average Bonchev–Trinajstić information content (AvgIpc) is 2.84. The molecule has 0 bridgehead atoms. The van der Waals surface area contributed by atoms with Crippen molar-refractivity contribution in [3.63, 3.8) is 0 Å². The number of aliphatic imine (C=N–C) groups is 1. The van der Waals surface area contributed by atoms with Crippen molar-refractivity contribution in [3.8, 4) is 0 Å². The average molecular weight is 346 g/mol. The van der Waals surface area contributed by atoms with Gasteiger partial charge in [0.05, 0.1) is 18.2 Å². The number of aliphatic carboxylic acids is 1. The van der Waals surface area contributed by atoms with Crippen molar-refractivity contribution < 1.29 is 14.7 Å². The summed E-state index contributed by atoms with van der Waals surface area (Å²) in [7, 11) is 0. The Labute approximate surface area is 146 Å². The number of aryl methyl sites for hydroxylation is 1. The van der Waals surface area contributed by atoms with Gasteiger partial charge in [-0.15, -0.1) is 0 Å². The number of rotatable bonds is 4. The van der Waals surface area contributed by atoms with Gasteiger partial charge < -0.3 is 5.11 Å². The first-order valence-electron chi connectivity index (χ1n) is 8.42. The highest BCUT2D eigenvalue weighted by molar-refractivity contribution is 8.16. The van der Waals surface area contributed by atoms with E-state index in [4.69, 9.17) is 10.1 Å². The van der Waals surface area contributed by atoms with Gasteiger partial charge in [0.1, 0.15) is 5.25 Å². The van der Waals surface area contributed by atoms with Gasteiger partial charge in [-0.2, -0.15) is 0 Å². The summed E-state index contributed by atoms with van der Waals surface area (Å²) < 4.78 is 0. The minimum Gasteiger partial charge on any atom is -0.481 e. The van der Waals surface area contributed by atoms with Crippen LogP contribution in [0.1, 0.15) is 44.1 Å². The number of thioether (sulfide) groups is 1. The minimum atomic E-state index is -0.954. The highest BCUT2D eigenvalue weighted by atomic mass is 32.2. The molecule has 3 rings (SSSR count). The number of para-hydroxylation sites is 1. The maximum atomic E-state index is 12.8. The first-order chi connectivity index (χ1) is 11.6. The molecule has 1 N–H and O–H groups in total. The fraction of sp³-hybridized carbons (Fsp3) is 0.500. The van der Waals surface area contributed by atoms with Crippen molar-refractivity contribution in [2.75, 3.05) is 4.90 Å². The third kappa shape index (κ3) is 3.64. The van der Waals surface area contributed by atoms with Gasteiger partial charge in [0.25, 0.3) is 0 Å². The number of amidine groups is 1. The van der Waals surface area contributed by atoms with Crippen LogP contribution in [0.2, 0.25) is 0 Å². The number of nitrogens with zero attached hydrogens (tertiary/aromatic N) is 2. The van der Waals surface area contributed by atoms with Crippen molar-refractivity contribution in [2.45, 2.75) is 56.7 Å². The third-order valence-electron chi connectivity index (χ3n) is 4.52. The number of carboxylic acids is 1. The van der Waals surface area contributed by atoms with Crippen LogP contribution in [0.25, 0.3) is 0 Å². The SMILES string of the molecule is Cc1ccccc1N1C(=O)[C@H](CC(=O)O)SC1=NC1CCCCC1. The lowest BCUT2D eigenvalue weighted by Gasteiger charge is -2.22. The van der Waals surface area contributed by atoms with E-state index in [1.165, 1.54) is 31.0 Å². The van der Waals surface area contributed by atoms with Gasteiger partial charge in [-0.1, -0.05) is 49.2 Å². The topological polar surface area (TPSA) is 70.0 Å². The Morgan fingerprint density at radius 3 is 2.67 bits per heavy atom. The number of benzene rings is 1. The zero-order chi connectivity index (χ0) is 17.1. The standard InChI is InChI=1S/C18H22N2O3S/c1-12-7-5-6-10-14(12)20-17(23)15(11-16(21)22)24-18(20)19-13-8-3-2-4-9-13/h5-7,10,13,15H,2-4,8-9,11H2,1H3,(H,21,22)/t15-/m0/s1. The summed E-state index contributed by atoms with van der Waals surface area (Å²) >= 11 is 1.30. The Morgan fingerprint density at radius 1 is 1.29 bits per heavy atom. The molecule has 5 nitrogen and oxygen atoms in total. The van der Waals surface area contributed by atoms with Crippen LogP contribution in [-0.2, 0) is 9.59 Å². The summed E-state index contributed by atoms with van der Waals surface area (Å²) in [4.78, 5) is 30.4. The molecule has 2 fully saturated rings. The van der Waals surface area contributed by atoms with E-state index in [0.717, 1.165) is 24.1 Å². The van der Waals surface area contributed by atoms with Gasteiger partial charge in [0.2, 0.25) is 5.91 Å². The summed E-state index contributed by atoms with van der Waals surface area (Å²) in [6.45, 7) is 1.95. The highest BCUT2D eigenvalue weighted by Crippen LogP contribution is 2.36. The van der Waals surface area contributed by atoms with Crippen LogP contribution in [0, 0.1) is 6.92 Å². The van der Waals surface area contributed by atoms with Gasteiger partial charge in [0.15, 0.2) is 5.17 Å². The molecule has 1 saturated carbocycles. The van der Waals surface area contributed by atoms with E-state index in [9.17, 15) is 9.59 Å². The van der Waals surface area contributed by atoms with Crippen molar-refractivity contribution in [3.05, 3.63) is 29.8 Å². The minimum absolute atomic E-state index is 0.171. The van der Waals surface area contributed by atoms with Crippen molar-refractivity contribution >= 4 is 34.5 Å². The van der Waals surface area contributed by atoms with Gasteiger partial charge >= 0.3 is 5.97 Å². The molecule has 1 aromatic carbocycles. The molecule has 1 amide bonds. The fourth-order valence-electron chi connectivity index (χ4n) is 3.25. The maximum absolute atomic E-state index is 12.8. The van der Waals surface area contributed by atoms with Crippen molar-refractivity contribution in [2.24, 2.45) is 4.99 Å². The van der Waals surface area contributed by atoms with Crippen LogP contribution in [0.15, 0.2) is 29.3 Å². The van der Waals surface area contributed by atoms with Gasteiger partial charge in [-0.3, -0.25) is 19.5 Å². The van der Waals surface area contributed by atoms with Gasteiger partial charge in [0, 0.05) is 0 Å². The predicted molar refractivity (Wildman–Crippen MR) is 96.6 cm³/mol. The number of carboxylic acid groups (broad SMARTS) is 1. The molecule has 1 heterocycles. The van der Waals surface area contributed by atoms with Crippen molar-refractivity contribution in [1.82, 2.24) is 0 Å². The second-order valence-electron chi connectivity index (χ2n) is 6.37. The van der Waals surface area contributed by atoms with E-state index in [0.29, 0.717) is 5.17 Å². The molecule has 0 spiro atoms. The summed E-state index contributed by atoms with van der Waals surface area (Å²) in [5.74, 6) is -1.13. The van der Waals surface area contributed by atoms with E-state index < -0.39 is 11.2 Å². The zero-order valence-corrected chi connectivity index (χ0v) is 14.6. The van der Waals surface area contributed by atoms with Crippen LogP contribution in [0.3, 0.4) is 0 Å². The normalized spacial score (nSPS) is 23.9. The maximum Gasteiger partial charge on any atom is 0.305 e. The quantitative estimate of drug-likeness (QED) is 0.904. The van der Waals surface area contributed by atoms with E-state index in [2.05, 4.69) is 0 Å². The van der Waals surface area contributed by atoms with Gasteiger partial charge in [-0.25, -0.2) is 0 Å². The Hall–Kier alpha value is -1.82. The summed E-state index contributed by atoms with van der Waals surface area (Å²) in [5, 5.41) is 9.15. The lowest BCUT2D eigenvalue weighted by molar-refractivity contribution is -0.138. The van der Waals surface area contributed by atoms with E-state index in [1.807, 2.05) is 31.2 Å². The smallest absolute Gasteiger partial charge is 0.305 e. The molecule has 1 aliphatic carbocycles. The zero-order valence-electron chi connectivity index (χ0n) is 13.8. The van der Waals surface area contributed by atoms with E-state index >= 15 is 0 Å². The monoisotopic (exact) mass is 346 g/mol. The second-order valence-corrected chi connectivity index (χ2v) is 7.54. The van der Waals surface area contributed by atoms with Crippen LogP contribution >= 0.6 is 11.8 Å². The van der Waals surface area contributed by atoms with Crippen LogP contribution in [0.5, 0.6) is 0 Å². The molecule has 24 heavy (non-hydrogen) atoms. The molecule has 0 unspecified atom stereocenters. The second kappa shape index (κ2) is 7.38. The van der Waals surface area contributed by atoms with E-state index in [-0.39, 0.29) is 18.4 Å². The molecule has 0 radical (unpaired) electrons. The number of carbonyl (C=O) groups excluding carboxylic acids is 1. The molecule has 0 aromatic heterocycles. The first kappa shape index (κ1) is 17.0. The molecule has 1 atom stereocenters. The first-order valence-corrected chi connectivity index (χ1v) is 9.30. The Balaban J connectivity index is 1.93. The lowest BCUT2D eigenvalue weighted by atomic mass is 9.96. The molecule has 128 valence electrons. The fourth-order valence-corrected chi connectivity index (χ4v) is 4.44. The van der Waals surface area contributed by atoms with Gasteiger partial charge in [-0.05, 0) is 31.4 Å². The number of hydrogen-bond acceptors (Lipinski definition) is 4. The lowest BCUT2D eigenvalue weighted by Crippen LogP contribution is -2.34. The van der Waals surface area contributed by atoms with Crippen molar-refractivity contribution in [1.29, 1.82) is 0 Å². The molecular weight excluding hydrogens is 324 g/mol.